The Morgan fingerprint density at radius 3 is 2.85 bits per heavy atom. The standard InChI is InChI=1S/C9H10N4/c1-7-2-4-11-6-8(7)13-5-3-9(10)12-13/h2-6H,1H3,(H2,10,12). The lowest BCUT2D eigenvalue weighted by molar-refractivity contribution is 0.870. The van der Waals surface area contributed by atoms with E-state index in [1.54, 1.807) is 23.1 Å². The second kappa shape index (κ2) is 2.90. The average molecular weight is 174 g/mol. The molecule has 13 heavy (non-hydrogen) atoms. The molecule has 0 unspecified atom stereocenters. The topological polar surface area (TPSA) is 56.7 Å². The molecule has 2 aromatic heterocycles. The third-order valence-electron chi connectivity index (χ3n) is 1.87. The maximum Gasteiger partial charge on any atom is 0.145 e. The first kappa shape index (κ1) is 7.79. The summed E-state index contributed by atoms with van der Waals surface area (Å²) in [6, 6.07) is 3.69. The first-order valence-corrected chi connectivity index (χ1v) is 3.99. The van der Waals surface area contributed by atoms with Gasteiger partial charge in [0.05, 0.1) is 11.9 Å². The quantitative estimate of drug-likeness (QED) is 0.705. The molecule has 0 radical (unpaired) electrons. The minimum Gasteiger partial charge on any atom is -0.382 e. The number of rotatable bonds is 1. The number of nitrogen functional groups attached to an aromatic ring is 1. The van der Waals surface area contributed by atoms with Gasteiger partial charge in [0.1, 0.15) is 5.82 Å². The van der Waals surface area contributed by atoms with E-state index in [2.05, 4.69) is 10.1 Å². The predicted molar refractivity (Wildman–Crippen MR) is 50.5 cm³/mol. The van der Waals surface area contributed by atoms with Crippen LogP contribution in [0, 0.1) is 6.92 Å². The van der Waals surface area contributed by atoms with Crippen molar-refractivity contribution in [2.75, 3.05) is 5.73 Å². The molecule has 4 nitrogen and oxygen atoms in total. The number of hydrogen-bond donors (Lipinski definition) is 1. The Labute approximate surface area is 76.0 Å². The van der Waals surface area contributed by atoms with Crippen LogP contribution >= 0.6 is 0 Å². The molecule has 0 aliphatic rings. The molecule has 0 aliphatic carbocycles. The largest absolute Gasteiger partial charge is 0.382 e. The summed E-state index contributed by atoms with van der Waals surface area (Å²) >= 11 is 0. The van der Waals surface area contributed by atoms with Crippen LogP contribution in [0.25, 0.3) is 5.69 Å². The third-order valence-corrected chi connectivity index (χ3v) is 1.87. The smallest absolute Gasteiger partial charge is 0.145 e. The highest BCUT2D eigenvalue weighted by Gasteiger charge is 2.00. The number of pyridine rings is 1. The highest BCUT2D eigenvalue weighted by atomic mass is 15.3. The van der Waals surface area contributed by atoms with Gasteiger partial charge in [-0.05, 0) is 18.6 Å². The van der Waals surface area contributed by atoms with Gasteiger partial charge >= 0.3 is 0 Å². The van der Waals surface area contributed by atoms with Crippen molar-refractivity contribution in [2.24, 2.45) is 0 Å². The van der Waals surface area contributed by atoms with Crippen molar-refractivity contribution < 1.29 is 0 Å². The van der Waals surface area contributed by atoms with Crippen LogP contribution in [-0.4, -0.2) is 14.8 Å². The summed E-state index contributed by atoms with van der Waals surface area (Å²) in [6.07, 6.45) is 5.34. The fourth-order valence-electron chi connectivity index (χ4n) is 1.17. The summed E-state index contributed by atoms with van der Waals surface area (Å²) in [5.74, 6) is 0.517. The summed E-state index contributed by atoms with van der Waals surface area (Å²) in [5, 5.41) is 4.10. The number of aryl methyl sites for hydroxylation is 1. The van der Waals surface area contributed by atoms with Gasteiger partial charge in [0.15, 0.2) is 0 Å². The van der Waals surface area contributed by atoms with Crippen molar-refractivity contribution in [1.29, 1.82) is 0 Å². The molecule has 0 fully saturated rings. The second-order valence-electron chi connectivity index (χ2n) is 2.85. The van der Waals surface area contributed by atoms with E-state index in [9.17, 15) is 0 Å². The summed E-state index contributed by atoms with van der Waals surface area (Å²) in [5.41, 5.74) is 7.59. The molecule has 2 aromatic rings. The van der Waals surface area contributed by atoms with E-state index in [1.807, 2.05) is 19.2 Å². The SMILES string of the molecule is Cc1ccncc1-n1ccc(N)n1. The van der Waals surface area contributed by atoms with Gasteiger partial charge in [-0.15, -0.1) is 0 Å². The number of anilines is 1. The normalized spacial score (nSPS) is 10.2. The van der Waals surface area contributed by atoms with Gasteiger partial charge in [0, 0.05) is 18.5 Å². The van der Waals surface area contributed by atoms with Crippen LogP contribution in [0.4, 0.5) is 5.82 Å². The second-order valence-corrected chi connectivity index (χ2v) is 2.85. The molecule has 4 heteroatoms. The highest BCUT2D eigenvalue weighted by Crippen LogP contribution is 2.11. The number of nitrogens with zero attached hydrogens (tertiary/aromatic N) is 3. The van der Waals surface area contributed by atoms with E-state index >= 15 is 0 Å². The lowest BCUT2D eigenvalue weighted by atomic mass is 10.2. The zero-order valence-corrected chi connectivity index (χ0v) is 7.31. The van der Waals surface area contributed by atoms with Gasteiger partial charge in [0.2, 0.25) is 0 Å². The van der Waals surface area contributed by atoms with Crippen LogP contribution in [-0.2, 0) is 0 Å². The van der Waals surface area contributed by atoms with Gasteiger partial charge in [-0.1, -0.05) is 0 Å². The molecular weight excluding hydrogens is 164 g/mol. The molecule has 66 valence electrons. The van der Waals surface area contributed by atoms with Crippen molar-refractivity contribution in [3.05, 3.63) is 36.3 Å². The maximum atomic E-state index is 5.51. The lowest BCUT2D eigenvalue weighted by Crippen LogP contribution is -1.99. The van der Waals surface area contributed by atoms with Crippen LogP contribution in [0.2, 0.25) is 0 Å². The van der Waals surface area contributed by atoms with Crippen molar-refractivity contribution in [3.8, 4) is 5.69 Å². The van der Waals surface area contributed by atoms with Crippen molar-refractivity contribution in [3.63, 3.8) is 0 Å². The fraction of sp³-hybridized carbons (Fsp3) is 0.111. The zero-order chi connectivity index (χ0) is 9.26. The molecule has 0 spiro atoms. The van der Waals surface area contributed by atoms with Crippen LogP contribution in [0.5, 0.6) is 0 Å². The lowest BCUT2D eigenvalue weighted by Gasteiger charge is -2.03. The minimum atomic E-state index is 0.517. The van der Waals surface area contributed by atoms with Gasteiger partial charge < -0.3 is 5.73 Å². The molecule has 2 N–H and O–H groups in total. The van der Waals surface area contributed by atoms with E-state index in [0.717, 1.165) is 11.3 Å². The molecule has 0 aromatic carbocycles. The molecule has 0 saturated carbocycles. The third kappa shape index (κ3) is 1.38. The van der Waals surface area contributed by atoms with Crippen LogP contribution in [0.1, 0.15) is 5.56 Å². The van der Waals surface area contributed by atoms with Gasteiger partial charge in [-0.25, -0.2) is 4.68 Å². The molecule has 0 aliphatic heterocycles. The van der Waals surface area contributed by atoms with Crippen molar-refractivity contribution in [2.45, 2.75) is 6.92 Å². The summed E-state index contributed by atoms with van der Waals surface area (Å²) in [6.45, 7) is 2.01. The molecular formula is C9H10N4. The zero-order valence-electron chi connectivity index (χ0n) is 7.31. The first-order valence-electron chi connectivity index (χ1n) is 3.99. The Morgan fingerprint density at radius 2 is 2.23 bits per heavy atom. The molecule has 0 amide bonds. The van der Waals surface area contributed by atoms with Gasteiger partial charge in [-0.2, -0.15) is 5.10 Å². The molecule has 2 heterocycles. The number of hydrogen-bond acceptors (Lipinski definition) is 3. The van der Waals surface area contributed by atoms with Crippen LogP contribution in [0.3, 0.4) is 0 Å². The van der Waals surface area contributed by atoms with Gasteiger partial charge in [0.25, 0.3) is 0 Å². The predicted octanol–water partition coefficient (Wildman–Crippen LogP) is 1.16. The Hall–Kier alpha value is -1.84. The highest BCUT2D eigenvalue weighted by molar-refractivity contribution is 5.38. The molecule has 2 rings (SSSR count). The molecule has 0 atom stereocenters. The van der Waals surface area contributed by atoms with Crippen molar-refractivity contribution in [1.82, 2.24) is 14.8 Å². The molecule has 0 saturated heterocycles. The Balaban J connectivity index is 2.52. The van der Waals surface area contributed by atoms with Gasteiger partial charge in [-0.3, -0.25) is 4.98 Å². The Kier molecular flexibility index (Phi) is 1.73. The van der Waals surface area contributed by atoms with E-state index in [1.165, 1.54) is 0 Å². The van der Waals surface area contributed by atoms with E-state index in [-0.39, 0.29) is 0 Å². The average Bonchev–Trinajstić information content (AvgIpc) is 2.53. The first-order chi connectivity index (χ1) is 6.27. The maximum absolute atomic E-state index is 5.51. The van der Waals surface area contributed by atoms with E-state index in [4.69, 9.17) is 5.73 Å². The van der Waals surface area contributed by atoms with E-state index < -0.39 is 0 Å². The summed E-state index contributed by atoms with van der Waals surface area (Å²) in [4.78, 5) is 4.03. The number of aromatic nitrogens is 3. The summed E-state index contributed by atoms with van der Waals surface area (Å²) in [7, 11) is 0. The Morgan fingerprint density at radius 1 is 1.38 bits per heavy atom. The number of nitrogens with two attached hydrogens (primary N) is 1. The van der Waals surface area contributed by atoms with Crippen LogP contribution < -0.4 is 5.73 Å². The summed E-state index contributed by atoms with van der Waals surface area (Å²) < 4.78 is 1.72. The molecule has 0 bridgehead atoms. The van der Waals surface area contributed by atoms with E-state index in [0.29, 0.717) is 5.82 Å². The van der Waals surface area contributed by atoms with Crippen LogP contribution in [0.15, 0.2) is 30.7 Å². The van der Waals surface area contributed by atoms with Crippen molar-refractivity contribution >= 4 is 5.82 Å². The Bertz CT molecular complexity index is 419. The fourth-order valence-corrected chi connectivity index (χ4v) is 1.17. The minimum absolute atomic E-state index is 0.517. The monoisotopic (exact) mass is 174 g/mol.